The lowest BCUT2D eigenvalue weighted by Gasteiger charge is -2.20. The molecule has 0 aliphatic heterocycles. The van der Waals surface area contributed by atoms with E-state index in [1.165, 1.54) is 0 Å². The second-order valence-corrected chi connectivity index (χ2v) is 5.25. The van der Waals surface area contributed by atoms with Crippen molar-refractivity contribution in [2.24, 2.45) is 16.8 Å². The van der Waals surface area contributed by atoms with Crippen molar-refractivity contribution < 1.29 is 9.94 Å². The van der Waals surface area contributed by atoms with Crippen LogP contribution in [0.2, 0.25) is 0 Å². The van der Waals surface area contributed by atoms with Crippen molar-refractivity contribution in [3.05, 3.63) is 29.8 Å². The van der Waals surface area contributed by atoms with Crippen LogP contribution in [0.15, 0.2) is 29.4 Å². The first-order valence-electron chi connectivity index (χ1n) is 6.91. The van der Waals surface area contributed by atoms with E-state index in [2.05, 4.69) is 23.9 Å². The SMILES string of the molecule is CC(C)CCOCCN(C)c1cccc(C(N)=NO)c1. The summed E-state index contributed by atoms with van der Waals surface area (Å²) >= 11 is 0. The quantitative estimate of drug-likeness (QED) is 0.252. The van der Waals surface area contributed by atoms with Crippen LogP contribution in [0.3, 0.4) is 0 Å². The summed E-state index contributed by atoms with van der Waals surface area (Å²) in [5.74, 6) is 0.790. The Kier molecular flexibility index (Phi) is 6.87. The van der Waals surface area contributed by atoms with E-state index in [4.69, 9.17) is 15.7 Å². The second kappa shape index (κ2) is 8.43. The standard InChI is InChI=1S/C15H25N3O2/c1-12(2)7-9-20-10-8-18(3)14-6-4-5-13(11-14)15(16)17-19/h4-6,11-12,19H,7-10H2,1-3H3,(H2,16,17). The minimum atomic E-state index is 0.119. The number of nitrogens with two attached hydrogens (primary N) is 1. The Labute approximate surface area is 121 Å². The smallest absolute Gasteiger partial charge is 0.170 e. The Balaban J connectivity index is 2.45. The van der Waals surface area contributed by atoms with Gasteiger partial charge in [-0.1, -0.05) is 31.1 Å². The molecule has 20 heavy (non-hydrogen) atoms. The molecule has 0 saturated carbocycles. The molecule has 0 fully saturated rings. The maximum Gasteiger partial charge on any atom is 0.170 e. The molecule has 0 bridgehead atoms. The fourth-order valence-electron chi connectivity index (χ4n) is 1.71. The van der Waals surface area contributed by atoms with Crippen LogP contribution in [0.1, 0.15) is 25.8 Å². The first kappa shape index (κ1) is 16.3. The summed E-state index contributed by atoms with van der Waals surface area (Å²) < 4.78 is 5.61. The van der Waals surface area contributed by atoms with Crippen LogP contribution >= 0.6 is 0 Å². The van der Waals surface area contributed by atoms with E-state index in [-0.39, 0.29) is 5.84 Å². The summed E-state index contributed by atoms with van der Waals surface area (Å²) in [4.78, 5) is 2.09. The highest BCUT2D eigenvalue weighted by molar-refractivity contribution is 5.97. The van der Waals surface area contributed by atoms with Gasteiger partial charge < -0.3 is 20.6 Å². The molecule has 3 N–H and O–H groups in total. The Bertz CT molecular complexity index is 433. The number of ether oxygens (including phenoxy) is 1. The molecule has 1 aromatic rings. The summed E-state index contributed by atoms with van der Waals surface area (Å²) in [6, 6.07) is 7.58. The number of oxime groups is 1. The van der Waals surface area contributed by atoms with Crippen molar-refractivity contribution in [2.45, 2.75) is 20.3 Å². The first-order valence-corrected chi connectivity index (χ1v) is 6.91. The van der Waals surface area contributed by atoms with Crippen molar-refractivity contribution in [1.82, 2.24) is 0 Å². The van der Waals surface area contributed by atoms with Crippen LogP contribution in [0.4, 0.5) is 5.69 Å². The molecule has 0 atom stereocenters. The van der Waals surface area contributed by atoms with Crippen LogP contribution in [0.25, 0.3) is 0 Å². The van der Waals surface area contributed by atoms with Gasteiger partial charge in [0.2, 0.25) is 0 Å². The number of nitrogens with zero attached hydrogens (tertiary/aromatic N) is 2. The number of hydrogen-bond acceptors (Lipinski definition) is 4. The molecule has 5 nitrogen and oxygen atoms in total. The van der Waals surface area contributed by atoms with E-state index in [9.17, 15) is 0 Å². The van der Waals surface area contributed by atoms with Gasteiger partial charge >= 0.3 is 0 Å². The molecular formula is C15H25N3O2. The normalized spacial score (nSPS) is 11.9. The lowest BCUT2D eigenvalue weighted by molar-refractivity contribution is 0.130. The summed E-state index contributed by atoms with van der Waals surface area (Å²) in [6.45, 7) is 6.67. The highest BCUT2D eigenvalue weighted by Crippen LogP contribution is 2.14. The second-order valence-electron chi connectivity index (χ2n) is 5.25. The fraction of sp³-hybridized carbons (Fsp3) is 0.533. The molecular weight excluding hydrogens is 254 g/mol. The molecule has 112 valence electrons. The molecule has 0 aliphatic rings. The predicted octanol–water partition coefficient (Wildman–Crippen LogP) is 2.28. The van der Waals surface area contributed by atoms with Gasteiger partial charge in [0.05, 0.1) is 6.61 Å². The van der Waals surface area contributed by atoms with Crippen molar-refractivity contribution >= 4 is 11.5 Å². The van der Waals surface area contributed by atoms with E-state index in [1.807, 2.05) is 31.3 Å². The third-order valence-corrected chi connectivity index (χ3v) is 3.10. The van der Waals surface area contributed by atoms with Gasteiger partial charge in [0.25, 0.3) is 0 Å². The largest absolute Gasteiger partial charge is 0.409 e. The molecule has 0 amide bonds. The van der Waals surface area contributed by atoms with Crippen LogP contribution in [0, 0.1) is 5.92 Å². The summed E-state index contributed by atoms with van der Waals surface area (Å²) in [5.41, 5.74) is 7.31. The van der Waals surface area contributed by atoms with Gasteiger partial charge in [-0.05, 0) is 24.5 Å². The molecule has 0 radical (unpaired) electrons. The van der Waals surface area contributed by atoms with Gasteiger partial charge in [-0.25, -0.2) is 0 Å². The van der Waals surface area contributed by atoms with Gasteiger partial charge in [0.15, 0.2) is 5.84 Å². The molecule has 1 aromatic carbocycles. The highest BCUT2D eigenvalue weighted by atomic mass is 16.5. The number of benzene rings is 1. The summed E-state index contributed by atoms with van der Waals surface area (Å²) in [5, 5.41) is 11.7. The average Bonchev–Trinajstić information content (AvgIpc) is 2.45. The zero-order chi connectivity index (χ0) is 15.0. The molecule has 0 aromatic heterocycles. The maximum atomic E-state index is 8.69. The van der Waals surface area contributed by atoms with Crippen molar-refractivity contribution in [3.8, 4) is 0 Å². The number of rotatable bonds is 8. The van der Waals surface area contributed by atoms with E-state index < -0.39 is 0 Å². The van der Waals surface area contributed by atoms with E-state index in [0.29, 0.717) is 18.1 Å². The van der Waals surface area contributed by atoms with E-state index in [1.54, 1.807) is 0 Å². The van der Waals surface area contributed by atoms with Crippen molar-refractivity contribution in [3.63, 3.8) is 0 Å². The summed E-state index contributed by atoms with van der Waals surface area (Å²) in [7, 11) is 2.00. The minimum absolute atomic E-state index is 0.119. The molecule has 5 heteroatoms. The first-order chi connectivity index (χ1) is 9.54. The molecule has 1 rings (SSSR count). The van der Waals surface area contributed by atoms with Gasteiger partial charge in [-0.15, -0.1) is 0 Å². The Morgan fingerprint density at radius 2 is 2.15 bits per heavy atom. The van der Waals surface area contributed by atoms with Crippen LogP contribution in [-0.4, -0.2) is 37.8 Å². The van der Waals surface area contributed by atoms with Gasteiger partial charge in [-0.3, -0.25) is 0 Å². The van der Waals surface area contributed by atoms with Crippen molar-refractivity contribution in [2.75, 3.05) is 31.7 Å². The number of anilines is 1. The van der Waals surface area contributed by atoms with E-state index >= 15 is 0 Å². The lowest BCUT2D eigenvalue weighted by atomic mass is 10.1. The number of amidine groups is 1. The molecule has 0 spiro atoms. The Morgan fingerprint density at radius 3 is 2.80 bits per heavy atom. The van der Waals surface area contributed by atoms with Gasteiger partial charge in [-0.2, -0.15) is 0 Å². The highest BCUT2D eigenvalue weighted by Gasteiger charge is 2.04. The van der Waals surface area contributed by atoms with Gasteiger partial charge in [0, 0.05) is 31.5 Å². The zero-order valence-corrected chi connectivity index (χ0v) is 12.5. The third-order valence-electron chi connectivity index (χ3n) is 3.10. The van der Waals surface area contributed by atoms with Crippen LogP contribution in [0.5, 0.6) is 0 Å². The number of hydrogen-bond donors (Lipinski definition) is 2. The lowest BCUT2D eigenvalue weighted by Crippen LogP contribution is -2.23. The predicted molar refractivity (Wildman–Crippen MR) is 82.5 cm³/mol. The van der Waals surface area contributed by atoms with Crippen LogP contribution < -0.4 is 10.6 Å². The summed E-state index contributed by atoms with van der Waals surface area (Å²) in [6.07, 6.45) is 1.09. The molecule has 0 heterocycles. The monoisotopic (exact) mass is 279 g/mol. The third kappa shape index (κ3) is 5.48. The Hall–Kier alpha value is -1.75. The zero-order valence-electron chi connectivity index (χ0n) is 12.5. The molecule has 0 aliphatic carbocycles. The fourth-order valence-corrected chi connectivity index (χ4v) is 1.71. The average molecular weight is 279 g/mol. The van der Waals surface area contributed by atoms with Crippen LogP contribution in [-0.2, 0) is 4.74 Å². The van der Waals surface area contributed by atoms with E-state index in [0.717, 1.165) is 25.3 Å². The van der Waals surface area contributed by atoms with Crippen molar-refractivity contribution in [1.29, 1.82) is 0 Å². The Morgan fingerprint density at radius 1 is 1.40 bits per heavy atom. The van der Waals surface area contributed by atoms with Gasteiger partial charge in [0.1, 0.15) is 0 Å². The minimum Gasteiger partial charge on any atom is -0.409 e. The number of likely N-dealkylation sites (N-methyl/N-ethyl adjacent to an activating group) is 1. The molecule has 0 saturated heterocycles. The molecule has 0 unspecified atom stereocenters. The maximum absolute atomic E-state index is 8.69. The topological polar surface area (TPSA) is 71.1 Å².